The standard InChI is InChI=1S/C11H20O2/c1-11(2)8-4-3-5-9(11)6-7-10(12)13/h9H,3-8H2,1-2H3,(H,12,13). The topological polar surface area (TPSA) is 37.3 Å². The number of rotatable bonds is 3. The molecule has 1 aliphatic carbocycles. The summed E-state index contributed by atoms with van der Waals surface area (Å²) in [6.07, 6.45) is 6.29. The fraction of sp³-hybridized carbons (Fsp3) is 0.909. The second-order valence-electron chi connectivity index (χ2n) is 4.86. The van der Waals surface area contributed by atoms with E-state index in [1.807, 2.05) is 0 Å². The second-order valence-corrected chi connectivity index (χ2v) is 4.86. The number of hydrogen-bond donors (Lipinski definition) is 1. The third-order valence-electron chi connectivity index (χ3n) is 3.44. The van der Waals surface area contributed by atoms with Crippen LogP contribution in [0.25, 0.3) is 0 Å². The molecule has 2 heteroatoms. The highest BCUT2D eigenvalue weighted by Crippen LogP contribution is 2.42. The van der Waals surface area contributed by atoms with Crippen molar-refractivity contribution in [2.24, 2.45) is 11.3 Å². The van der Waals surface area contributed by atoms with Gasteiger partial charge in [0.15, 0.2) is 0 Å². The molecular formula is C11H20O2. The first-order valence-electron chi connectivity index (χ1n) is 5.24. The zero-order valence-electron chi connectivity index (χ0n) is 8.68. The van der Waals surface area contributed by atoms with Gasteiger partial charge in [-0.1, -0.05) is 26.7 Å². The summed E-state index contributed by atoms with van der Waals surface area (Å²) in [5, 5.41) is 8.61. The summed E-state index contributed by atoms with van der Waals surface area (Å²) in [6, 6.07) is 0. The van der Waals surface area contributed by atoms with Crippen LogP contribution in [0.1, 0.15) is 52.4 Å². The Kier molecular flexibility index (Phi) is 3.34. The Labute approximate surface area is 80.3 Å². The predicted molar refractivity (Wildman–Crippen MR) is 52.6 cm³/mol. The van der Waals surface area contributed by atoms with Gasteiger partial charge in [0.1, 0.15) is 0 Å². The summed E-state index contributed by atoms with van der Waals surface area (Å²) in [5.41, 5.74) is 0.369. The lowest BCUT2D eigenvalue weighted by Gasteiger charge is -2.38. The first-order valence-corrected chi connectivity index (χ1v) is 5.24. The maximum Gasteiger partial charge on any atom is 0.303 e. The molecule has 2 nitrogen and oxygen atoms in total. The Bertz CT molecular complexity index is 185. The van der Waals surface area contributed by atoms with Gasteiger partial charge in [-0.25, -0.2) is 0 Å². The fourth-order valence-corrected chi connectivity index (χ4v) is 2.40. The summed E-state index contributed by atoms with van der Waals surface area (Å²) in [6.45, 7) is 4.55. The highest BCUT2D eigenvalue weighted by Gasteiger charge is 2.31. The molecule has 0 spiro atoms. The van der Waals surface area contributed by atoms with Crippen molar-refractivity contribution >= 4 is 5.97 Å². The number of hydrogen-bond acceptors (Lipinski definition) is 1. The minimum Gasteiger partial charge on any atom is -0.481 e. The molecule has 0 bridgehead atoms. The van der Waals surface area contributed by atoms with Crippen molar-refractivity contribution in [3.8, 4) is 0 Å². The maximum absolute atomic E-state index is 10.5. The van der Waals surface area contributed by atoms with Crippen molar-refractivity contribution < 1.29 is 9.90 Å². The van der Waals surface area contributed by atoms with Crippen molar-refractivity contribution in [2.45, 2.75) is 52.4 Å². The Hall–Kier alpha value is -0.530. The van der Waals surface area contributed by atoms with Gasteiger partial charge in [-0.2, -0.15) is 0 Å². The van der Waals surface area contributed by atoms with Crippen LogP contribution in [0, 0.1) is 11.3 Å². The van der Waals surface area contributed by atoms with Gasteiger partial charge in [-0.15, -0.1) is 0 Å². The number of aliphatic carboxylic acids is 1. The molecule has 0 heterocycles. The van der Waals surface area contributed by atoms with Crippen LogP contribution in [0.2, 0.25) is 0 Å². The van der Waals surface area contributed by atoms with E-state index in [-0.39, 0.29) is 0 Å². The van der Waals surface area contributed by atoms with Gasteiger partial charge in [0, 0.05) is 6.42 Å². The third-order valence-corrected chi connectivity index (χ3v) is 3.44. The molecule has 1 saturated carbocycles. The van der Waals surface area contributed by atoms with E-state index in [4.69, 9.17) is 5.11 Å². The van der Waals surface area contributed by atoms with Crippen molar-refractivity contribution in [3.05, 3.63) is 0 Å². The molecule has 76 valence electrons. The highest BCUT2D eigenvalue weighted by atomic mass is 16.4. The quantitative estimate of drug-likeness (QED) is 0.732. The lowest BCUT2D eigenvalue weighted by atomic mass is 9.67. The van der Waals surface area contributed by atoms with E-state index in [9.17, 15) is 4.79 Å². The third kappa shape index (κ3) is 3.02. The Morgan fingerprint density at radius 1 is 1.46 bits per heavy atom. The fourth-order valence-electron chi connectivity index (χ4n) is 2.40. The average Bonchev–Trinajstić information content (AvgIpc) is 2.01. The van der Waals surface area contributed by atoms with Crippen LogP contribution >= 0.6 is 0 Å². The first kappa shape index (κ1) is 10.6. The number of carboxylic acid groups (broad SMARTS) is 1. The van der Waals surface area contributed by atoms with E-state index in [1.54, 1.807) is 0 Å². The molecule has 0 amide bonds. The minimum absolute atomic E-state index is 0.341. The van der Waals surface area contributed by atoms with Crippen LogP contribution in [-0.2, 0) is 4.79 Å². The summed E-state index contributed by atoms with van der Waals surface area (Å²) in [4.78, 5) is 10.5. The summed E-state index contributed by atoms with van der Waals surface area (Å²) >= 11 is 0. The van der Waals surface area contributed by atoms with Crippen molar-refractivity contribution in [2.75, 3.05) is 0 Å². The van der Waals surface area contributed by atoms with Crippen LogP contribution in [0.15, 0.2) is 0 Å². The average molecular weight is 184 g/mol. The largest absolute Gasteiger partial charge is 0.481 e. The lowest BCUT2D eigenvalue weighted by molar-refractivity contribution is -0.137. The smallest absolute Gasteiger partial charge is 0.303 e. The molecule has 0 saturated heterocycles. The van der Waals surface area contributed by atoms with Gasteiger partial charge in [-0.05, 0) is 30.6 Å². The monoisotopic (exact) mass is 184 g/mol. The van der Waals surface area contributed by atoms with Gasteiger partial charge in [0.25, 0.3) is 0 Å². The molecule has 0 aromatic carbocycles. The minimum atomic E-state index is -0.652. The van der Waals surface area contributed by atoms with Crippen LogP contribution in [-0.4, -0.2) is 11.1 Å². The van der Waals surface area contributed by atoms with Crippen molar-refractivity contribution in [1.82, 2.24) is 0 Å². The maximum atomic E-state index is 10.5. The normalized spacial score (nSPS) is 27.1. The van der Waals surface area contributed by atoms with Crippen LogP contribution < -0.4 is 0 Å². The van der Waals surface area contributed by atoms with Gasteiger partial charge in [-0.3, -0.25) is 4.79 Å². The van der Waals surface area contributed by atoms with Gasteiger partial charge in [0.2, 0.25) is 0 Å². The molecule has 1 fully saturated rings. The number of carbonyl (C=O) groups is 1. The van der Waals surface area contributed by atoms with E-state index in [0.29, 0.717) is 17.8 Å². The zero-order chi connectivity index (χ0) is 9.90. The van der Waals surface area contributed by atoms with Crippen molar-refractivity contribution in [3.63, 3.8) is 0 Å². The molecule has 0 radical (unpaired) electrons. The molecule has 0 aromatic heterocycles. The number of carboxylic acids is 1. The molecule has 1 aliphatic rings. The van der Waals surface area contributed by atoms with Crippen molar-refractivity contribution in [1.29, 1.82) is 0 Å². The SMILES string of the molecule is CC1(C)CCCCC1CCC(=O)O. The molecule has 1 unspecified atom stereocenters. The Morgan fingerprint density at radius 2 is 2.15 bits per heavy atom. The zero-order valence-corrected chi connectivity index (χ0v) is 8.68. The molecule has 0 aliphatic heterocycles. The van der Waals surface area contributed by atoms with Crippen LogP contribution in [0.3, 0.4) is 0 Å². The highest BCUT2D eigenvalue weighted by molar-refractivity contribution is 5.66. The van der Waals surface area contributed by atoms with E-state index in [2.05, 4.69) is 13.8 Å². The molecule has 13 heavy (non-hydrogen) atoms. The van der Waals surface area contributed by atoms with Gasteiger partial charge in [0.05, 0.1) is 0 Å². The van der Waals surface area contributed by atoms with Crippen LogP contribution in [0.4, 0.5) is 0 Å². The van der Waals surface area contributed by atoms with E-state index < -0.39 is 5.97 Å². The van der Waals surface area contributed by atoms with Crippen LogP contribution in [0.5, 0.6) is 0 Å². The second kappa shape index (κ2) is 4.12. The summed E-state index contributed by atoms with van der Waals surface area (Å²) < 4.78 is 0. The van der Waals surface area contributed by atoms with Gasteiger partial charge < -0.3 is 5.11 Å². The molecule has 1 N–H and O–H groups in total. The summed E-state index contributed by atoms with van der Waals surface area (Å²) in [7, 11) is 0. The Balaban J connectivity index is 2.41. The summed E-state index contributed by atoms with van der Waals surface area (Å²) in [5.74, 6) is -0.0290. The predicted octanol–water partition coefficient (Wildman–Crippen LogP) is 3.07. The lowest BCUT2D eigenvalue weighted by Crippen LogP contribution is -2.28. The van der Waals surface area contributed by atoms with Gasteiger partial charge >= 0.3 is 5.97 Å². The molecular weight excluding hydrogens is 164 g/mol. The molecule has 1 rings (SSSR count). The van der Waals surface area contributed by atoms with E-state index in [1.165, 1.54) is 25.7 Å². The first-order chi connectivity index (χ1) is 6.02. The molecule has 1 atom stereocenters. The Morgan fingerprint density at radius 3 is 2.69 bits per heavy atom. The van der Waals surface area contributed by atoms with E-state index >= 15 is 0 Å². The van der Waals surface area contributed by atoms with E-state index in [0.717, 1.165) is 6.42 Å². The molecule has 0 aromatic rings.